The molecule has 0 saturated carbocycles. The first-order valence-electron chi connectivity index (χ1n) is 24.1. The SMILES string of the molecule is CC/C=C\C/C=C\C/C=C\C/C=C\CCCCCCCCC(=O)OC(COC(=O)CCCCCCCC/C=C\C/C=C\C/C=C\CCCCCCC)COP(=O)(O)OCCN. The van der Waals surface area contributed by atoms with Crippen molar-refractivity contribution >= 4 is 19.8 Å². The normalized spacial score (nSPS) is 14.0. The molecule has 2 atom stereocenters. The largest absolute Gasteiger partial charge is 0.472 e. The lowest BCUT2D eigenvalue weighted by Gasteiger charge is -2.19. The van der Waals surface area contributed by atoms with Crippen molar-refractivity contribution in [3.05, 3.63) is 85.1 Å². The molecule has 61 heavy (non-hydrogen) atoms. The maximum Gasteiger partial charge on any atom is 0.472 e. The van der Waals surface area contributed by atoms with Crippen LogP contribution < -0.4 is 5.73 Å². The van der Waals surface area contributed by atoms with Gasteiger partial charge in [-0.05, 0) is 89.9 Å². The first kappa shape index (κ1) is 58.2. The lowest BCUT2D eigenvalue weighted by molar-refractivity contribution is -0.161. The fourth-order valence-electron chi connectivity index (χ4n) is 6.22. The van der Waals surface area contributed by atoms with Gasteiger partial charge in [0, 0.05) is 19.4 Å². The Morgan fingerprint density at radius 3 is 1.34 bits per heavy atom. The monoisotopic (exact) mass is 874 g/mol. The minimum Gasteiger partial charge on any atom is -0.462 e. The Balaban J connectivity index is 4.17. The Morgan fingerprint density at radius 1 is 0.508 bits per heavy atom. The second-order valence-corrected chi connectivity index (χ2v) is 17.0. The van der Waals surface area contributed by atoms with Crippen LogP contribution in [-0.4, -0.2) is 49.3 Å². The number of allylic oxidation sites excluding steroid dienone is 14. The first-order valence-corrected chi connectivity index (χ1v) is 25.6. The highest BCUT2D eigenvalue weighted by Crippen LogP contribution is 2.43. The summed E-state index contributed by atoms with van der Waals surface area (Å²) >= 11 is 0. The molecule has 0 fully saturated rings. The predicted octanol–water partition coefficient (Wildman–Crippen LogP) is 14.4. The molecule has 0 heterocycles. The van der Waals surface area contributed by atoms with E-state index in [4.69, 9.17) is 24.3 Å². The summed E-state index contributed by atoms with van der Waals surface area (Å²) in [4.78, 5) is 35.0. The number of ether oxygens (including phenoxy) is 2. The molecule has 0 spiro atoms. The van der Waals surface area contributed by atoms with E-state index in [1.165, 1.54) is 38.5 Å². The van der Waals surface area contributed by atoms with E-state index in [0.29, 0.717) is 12.8 Å². The summed E-state index contributed by atoms with van der Waals surface area (Å²) in [6.45, 7) is 3.57. The molecule has 0 aromatic heterocycles. The van der Waals surface area contributed by atoms with E-state index < -0.39 is 32.5 Å². The van der Waals surface area contributed by atoms with Crippen molar-refractivity contribution in [1.82, 2.24) is 0 Å². The maximum atomic E-state index is 12.6. The Hall–Kier alpha value is -2.81. The molecule has 0 aliphatic heterocycles. The average molecular weight is 874 g/mol. The average Bonchev–Trinajstić information content (AvgIpc) is 3.25. The van der Waals surface area contributed by atoms with Crippen molar-refractivity contribution in [3.63, 3.8) is 0 Å². The summed E-state index contributed by atoms with van der Waals surface area (Å²) in [6, 6.07) is 0. The molecule has 0 bridgehead atoms. The summed E-state index contributed by atoms with van der Waals surface area (Å²) in [5.74, 6) is -0.864. The summed E-state index contributed by atoms with van der Waals surface area (Å²) in [5, 5.41) is 0. The molecule has 0 aromatic rings. The van der Waals surface area contributed by atoms with Crippen LogP contribution >= 0.6 is 7.82 Å². The summed E-state index contributed by atoms with van der Waals surface area (Å²) in [5.41, 5.74) is 5.36. The molecule has 0 saturated heterocycles. The maximum absolute atomic E-state index is 12.6. The lowest BCUT2D eigenvalue weighted by atomic mass is 10.1. The van der Waals surface area contributed by atoms with Gasteiger partial charge >= 0.3 is 19.8 Å². The van der Waals surface area contributed by atoms with Gasteiger partial charge < -0.3 is 20.1 Å². The molecule has 10 heteroatoms. The van der Waals surface area contributed by atoms with E-state index in [0.717, 1.165) is 116 Å². The van der Waals surface area contributed by atoms with Crippen LogP contribution in [0.2, 0.25) is 0 Å². The van der Waals surface area contributed by atoms with Gasteiger partial charge in [-0.2, -0.15) is 0 Å². The van der Waals surface area contributed by atoms with Crippen LogP contribution in [0, 0.1) is 0 Å². The van der Waals surface area contributed by atoms with Crippen molar-refractivity contribution in [3.8, 4) is 0 Å². The van der Waals surface area contributed by atoms with Gasteiger partial charge in [0.2, 0.25) is 0 Å². The zero-order valence-electron chi connectivity index (χ0n) is 38.6. The number of unbranched alkanes of at least 4 members (excludes halogenated alkanes) is 17. The quantitative estimate of drug-likeness (QED) is 0.0265. The lowest BCUT2D eigenvalue weighted by Crippen LogP contribution is -2.29. The second kappa shape index (κ2) is 46.7. The number of phosphoric acid groups is 1. The van der Waals surface area contributed by atoms with Gasteiger partial charge in [-0.3, -0.25) is 18.6 Å². The molecule has 0 aromatic carbocycles. The van der Waals surface area contributed by atoms with E-state index in [1.54, 1.807) is 0 Å². The van der Waals surface area contributed by atoms with Crippen LogP contribution in [0.25, 0.3) is 0 Å². The highest BCUT2D eigenvalue weighted by atomic mass is 31.2. The summed E-state index contributed by atoms with van der Waals surface area (Å²) in [7, 11) is -4.39. The summed E-state index contributed by atoms with van der Waals surface area (Å²) in [6.07, 6.45) is 58.9. The zero-order valence-corrected chi connectivity index (χ0v) is 39.5. The van der Waals surface area contributed by atoms with Crippen LogP contribution in [0.15, 0.2) is 85.1 Å². The number of phosphoric ester groups is 1. The van der Waals surface area contributed by atoms with Crippen LogP contribution in [-0.2, 0) is 32.7 Å². The minimum atomic E-state index is -4.39. The van der Waals surface area contributed by atoms with Crippen LogP contribution in [0.4, 0.5) is 0 Å². The molecule has 0 radical (unpaired) electrons. The van der Waals surface area contributed by atoms with Gasteiger partial charge in [0.25, 0.3) is 0 Å². The Morgan fingerprint density at radius 2 is 0.902 bits per heavy atom. The molecule has 9 nitrogen and oxygen atoms in total. The van der Waals surface area contributed by atoms with Crippen molar-refractivity contribution in [2.24, 2.45) is 5.73 Å². The van der Waals surface area contributed by atoms with Gasteiger partial charge in [-0.1, -0.05) is 176 Å². The fraction of sp³-hybridized carbons (Fsp3) is 0.686. The van der Waals surface area contributed by atoms with Crippen LogP contribution in [0.1, 0.15) is 194 Å². The van der Waals surface area contributed by atoms with Gasteiger partial charge in [0.1, 0.15) is 6.61 Å². The zero-order chi connectivity index (χ0) is 44.6. The van der Waals surface area contributed by atoms with E-state index in [9.17, 15) is 19.0 Å². The molecular formula is C51H88NO8P. The van der Waals surface area contributed by atoms with Crippen LogP contribution in [0.3, 0.4) is 0 Å². The molecule has 0 aliphatic rings. The third-order valence-corrected chi connectivity index (χ3v) is 10.7. The molecule has 350 valence electrons. The van der Waals surface area contributed by atoms with Gasteiger partial charge in [0.05, 0.1) is 13.2 Å². The van der Waals surface area contributed by atoms with Crippen molar-refractivity contribution < 1.29 is 37.6 Å². The molecule has 0 rings (SSSR count). The Kier molecular flexibility index (Phi) is 44.5. The molecule has 0 amide bonds. The molecule has 3 N–H and O–H groups in total. The van der Waals surface area contributed by atoms with Crippen LogP contribution in [0.5, 0.6) is 0 Å². The highest BCUT2D eigenvalue weighted by molar-refractivity contribution is 7.47. The standard InChI is InChI=1S/C51H88NO8P/c1-3-5-7-9-11-13-15-17-19-21-23-24-26-27-29-31-33-35-37-39-41-43-50(53)57-47-49(48-59-61(55,56)58-46-45-52)60-51(54)44-42-40-38-36-34-32-30-28-25-22-20-18-16-14-12-10-8-6-4-2/h6,8,12,14-15,17-18,20-21,23,25-28,49H,3-5,7,9-11,13,16,19,22,24,29-48,52H2,1-2H3,(H,55,56)/b8-6-,14-12-,17-15-,20-18-,23-21-,27-26-,28-25-. The number of rotatable bonds is 44. The van der Waals surface area contributed by atoms with E-state index in [1.807, 2.05) is 0 Å². The van der Waals surface area contributed by atoms with E-state index >= 15 is 0 Å². The number of hydrogen-bond acceptors (Lipinski definition) is 8. The first-order chi connectivity index (χ1) is 29.8. The highest BCUT2D eigenvalue weighted by Gasteiger charge is 2.26. The number of nitrogens with two attached hydrogens (primary N) is 1. The minimum absolute atomic E-state index is 0.0442. The topological polar surface area (TPSA) is 134 Å². The van der Waals surface area contributed by atoms with Gasteiger partial charge in [0.15, 0.2) is 6.10 Å². The third kappa shape index (κ3) is 46.5. The van der Waals surface area contributed by atoms with Gasteiger partial charge in [-0.25, -0.2) is 4.57 Å². The predicted molar refractivity (Wildman–Crippen MR) is 256 cm³/mol. The van der Waals surface area contributed by atoms with Crippen molar-refractivity contribution in [2.45, 2.75) is 200 Å². The number of esters is 2. The smallest absolute Gasteiger partial charge is 0.462 e. The van der Waals surface area contributed by atoms with Gasteiger partial charge in [-0.15, -0.1) is 0 Å². The third-order valence-electron chi connectivity index (χ3n) is 9.77. The summed E-state index contributed by atoms with van der Waals surface area (Å²) < 4.78 is 32.9. The van der Waals surface area contributed by atoms with Crippen molar-refractivity contribution in [2.75, 3.05) is 26.4 Å². The van der Waals surface area contributed by atoms with E-state index in [-0.39, 0.29) is 32.6 Å². The number of hydrogen-bond donors (Lipinski definition) is 2. The van der Waals surface area contributed by atoms with E-state index in [2.05, 4.69) is 98.9 Å². The van der Waals surface area contributed by atoms with Crippen molar-refractivity contribution in [1.29, 1.82) is 0 Å². The Labute approximate surface area is 373 Å². The second-order valence-electron chi connectivity index (χ2n) is 15.6. The number of carbonyl (C=O) groups is 2. The molecular weight excluding hydrogens is 786 g/mol. The Bertz CT molecular complexity index is 1270. The fourth-order valence-corrected chi connectivity index (χ4v) is 6.99. The molecule has 2 unspecified atom stereocenters. The molecule has 0 aliphatic carbocycles. The number of carbonyl (C=O) groups excluding carboxylic acids is 2.